The molecule has 0 radical (unpaired) electrons. The molecule has 1 aromatic heterocycles. The minimum Gasteiger partial charge on any atom is -0.357 e. The number of nitrogens with zero attached hydrogens (tertiary/aromatic N) is 2. The minimum absolute atomic E-state index is 0.680. The Hall–Kier alpha value is -0.290. The van der Waals surface area contributed by atoms with Gasteiger partial charge in [0.2, 0.25) is 5.13 Å². The van der Waals surface area contributed by atoms with Crippen molar-refractivity contribution in [2.24, 2.45) is 5.92 Å². The highest BCUT2D eigenvalue weighted by molar-refractivity contribution is 8.01. The Morgan fingerprint density at radius 3 is 2.71 bits per heavy atom. The molecule has 0 aliphatic heterocycles. The van der Waals surface area contributed by atoms with Crippen LogP contribution in [0.4, 0.5) is 5.13 Å². The highest BCUT2D eigenvalue weighted by Gasteiger charge is 2.22. The van der Waals surface area contributed by atoms with E-state index in [4.69, 9.17) is 0 Å². The summed E-state index contributed by atoms with van der Waals surface area (Å²) in [5.41, 5.74) is 0. The lowest BCUT2D eigenvalue weighted by Crippen LogP contribution is -2.08. The van der Waals surface area contributed by atoms with Gasteiger partial charge in [-0.15, -0.1) is 10.2 Å². The third kappa shape index (κ3) is 3.58. The van der Waals surface area contributed by atoms with Crippen molar-refractivity contribution in [2.45, 2.75) is 55.3 Å². The molecule has 2 aliphatic carbocycles. The van der Waals surface area contributed by atoms with Gasteiger partial charge in [0.1, 0.15) is 0 Å². The van der Waals surface area contributed by atoms with Crippen LogP contribution in [0.3, 0.4) is 0 Å². The standard InChI is InChI=1S/C12H19N3S2/c1-2-4-9(5-3-1)8-16-12-15-14-11(17-12)13-10-6-7-10/h9-10H,1-8H2,(H,13,14). The Bertz CT molecular complexity index is 356. The van der Waals surface area contributed by atoms with E-state index in [9.17, 15) is 0 Å². The van der Waals surface area contributed by atoms with Crippen molar-refractivity contribution in [3.63, 3.8) is 0 Å². The van der Waals surface area contributed by atoms with Gasteiger partial charge in [0.05, 0.1) is 0 Å². The van der Waals surface area contributed by atoms with Crippen molar-refractivity contribution in [2.75, 3.05) is 11.1 Å². The molecule has 0 bridgehead atoms. The zero-order chi connectivity index (χ0) is 11.5. The van der Waals surface area contributed by atoms with Crippen molar-refractivity contribution < 1.29 is 0 Å². The van der Waals surface area contributed by atoms with Gasteiger partial charge in [0.25, 0.3) is 0 Å². The van der Waals surface area contributed by atoms with E-state index in [0.717, 1.165) is 15.4 Å². The van der Waals surface area contributed by atoms with E-state index in [1.807, 2.05) is 11.8 Å². The van der Waals surface area contributed by atoms with Gasteiger partial charge in [0.15, 0.2) is 4.34 Å². The molecule has 94 valence electrons. The first-order valence-corrected chi connectivity index (χ1v) is 8.43. The summed E-state index contributed by atoms with van der Waals surface area (Å²) in [6.07, 6.45) is 9.72. The lowest BCUT2D eigenvalue weighted by atomic mass is 9.91. The Morgan fingerprint density at radius 1 is 1.12 bits per heavy atom. The van der Waals surface area contributed by atoms with Crippen LogP contribution in [0.2, 0.25) is 0 Å². The maximum absolute atomic E-state index is 4.25. The molecule has 17 heavy (non-hydrogen) atoms. The molecule has 5 heteroatoms. The van der Waals surface area contributed by atoms with Gasteiger partial charge >= 0.3 is 0 Å². The van der Waals surface area contributed by atoms with Gasteiger partial charge in [-0.05, 0) is 31.6 Å². The number of nitrogens with one attached hydrogen (secondary N) is 1. The molecule has 0 atom stereocenters. The van der Waals surface area contributed by atoms with E-state index in [0.29, 0.717) is 6.04 Å². The van der Waals surface area contributed by atoms with Crippen molar-refractivity contribution in [3.8, 4) is 0 Å². The van der Waals surface area contributed by atoms with Gasteiger partial charge in [-0.1, -0.05) is 42.4 Å². The molecule has 0 saturated heterocycles. The van der Waals surface area contributed by atoms with E-state index in [1.165, 1.54) is 50.7 Å². The van der Waals surface area contributed by atoms with Gasteiger partial charge < -0.3 is 5.32 Å². The molecular weight excluding hydrogens is 250 g/mol. The first kappa shape index (κ1) is 11.8. The zero-order valence-electron chi connectivity index (χ0n) is 10.0. The van der Waals surface area contributed by atoms with E-state index in [2.05, 4.69) is 15.5 Å². The summed E-state index contributed by atoms with van der Waals surface area (Å²) < 4.78 is 1.14. The van der Waals surface area contributed by atoms with Crippen LogP contribution in [0.25, 0.3) is 0 Å². The predicted octanol–water partition coefficient (Wildman–Crippen LogP) is 3.78. The van der Waals surface area contributed by atoms with Crippen LogP contribution in [-0.4, -0.2) is 22.0 Å². The summed E-state index contributed by atoms with van der Waals surface area (Å²) in [5.74, 6) is 2.15. The molecule has 0 unspecified atom stereocenters. The van der Waals surface area contributed by atoms with Crippen molar-refractivity contribution >= 4 is 28.2 Å². The van der Waals surface area contributed by atoms with Crippen molar-refractivity contribution in [1.29, 1.82) is 0 Å². The zero-order valence-corrected chi connectivity index (χ0v) is 11.7. The first-order valence-electron chi connectivity index (χ1n) is 6.63. The average molecular weight is 269 g/mol. The Labute approximate surface area is 111 Å². The van der Waals surface area contributed by atoms with Crippen LogP contribution in [0.15, 0.2) is 4.34 Å². The minimum atomic E-state index is 0.680. The van der Waals surface area contributed by atoms with Crippen LogP contribution >= 0.6 is 23.1 Å². The quantitative estimate of drug-likeness (QED) is 0.825. The first-order chi connectivity index (χ1) is 8.40. The molecule has 2 aliphatic rings. The second-order valence-electron chi connectivity index (χ2n) is 5.11. The monoisotopic (exact) mass is 269 g/mol. The number of rotatable bonds is 5. The fourth-order valence-electron chi connectivity index (χ4n) is 2.27. The number of aromatic nitrogens is 2. The fraction of sp³-hybridized carbons (Fsp3) is 0.833. The molecule has 3 nitrogen and oxygen atoms in total. The molecule has 1 aromatic rings. The molecule has 1 heterocycles. The Balaban J connectivity index is 1.45. The molecule has 2 fully saturated rings. The van der Waals surface area contributed by atoms with Gasteiger partial charge in [-0.3, -0.25) is 0 Å². The SMILES string of the molecule is C1CCC(CSc2nnc(NC3CC3)s2)CC1. The average Bonchev–Trinajstić information content (AvgIpc) is 3.06. The van der Waals surface area contributed by atoms with E-state index >= 15 is 0 Å². The van der Waals surface area contributed by atoms with Crippen LogP contribution in [0, 0.1) is 5.92 Å². The topological polar surface area (TPSA) is 37.8 Å². The molecule has 0 amide bonds. The van der Waals surface area contributed by atoms with E-state index in [-0.39, 0.29) is 0 Å². The van der Waals surface area contributed by atoms with Gasteiger partial charge in [0, 0.05) is 11.8 Å². The molecule has 2 saturated carbocycles. The Morgan fingerprint density at radius 2 is 1.94 bits per heavy atom. The van der Waals surface area contributed by atoms with Crippen LogP contribution in [0.1, 0.15) is 44.9 Å². The summed E-state index contributed by atoms with van der Waals surface area (Å²) in [4.78, 5) is 0. The molecule has 0 spiro atoms. The van der Waals surface area contributed by atoms with Crippen LogP contribution in [-0.2, 0) is 0 Å². The van der Waals surface area contributed by atoms with E-state index in [1.54, 1.807) is 11.3 Å². The summed E-state index contributed by atoms with van der Waals surface area (Å²) >= 11 is 3.62. The molecule has 3 rings (SSSR count). The number of hydrogen-bond donors (Lipinski definition) is 1. The molecule has 0 aromatic carbocycles. The maximum atomic E-state index is 4.25. The third-order valence-electron chi connectivity index (χ3n) is 3.48. The lowest BCUT2D eigenvalue weighted by molar-refractivity contribution is 0.391. The van der Waals surface area contributed by atoms with Gasteiger partial charge in [-0.25, -0.2) is 0 Å². The van der Waals surface area contributed by atoms with Crippen molar-refractivity contribution in [1.82, 2.24) is 10.2 Å². The van der Waals surface area contributed by atoms with Crippen molar-refractivity contribution in [3.05, 3.63) is 0 Å². The smallest absolute Gasteiger partial charge is 0.206 e. The molecular formula is C12H19N3S2. The second-order valence-corrected chi connectivity index (χ2v) is 7.35. The van der Waals surface area contributed by atoms with Crippen LogP contribution in [0.5, 0.6) is 0 Å². The lowest BCUT2D eigenvalue weighted by Gasteiger charge is -2.20. The third-order valence-corrected chi connectivity index (χ3v) is 5.70. The summed E-state index contributed by atoms with van der Waals surface area (Å²) in [6.45, 7) is 0. The highest BCUT2D eigenvalue weighted by atomic mass is 32.2. The van der Waals surface area contributed by atoms with E-state index < -0.39 is 0 Å². The summed E-state index contributed by atoms with van der Waals surface area (Å²) in [5, 5.41) is 12.9. The fourth-order valence-corrected chi connectivity index (χ4v) is 4.31. The number of anilines is 1. The summed E-state index contributed by atoms with van der Waals surface area (Å²) in [7, 11) is 0. The second kappa shape index (κ2) is 5.57. The van der Waals surface area contributed by atoms with Crippen LogP contribution < -0.4 is 5.32 Å². The summed E-state index contributed by atoms with van der Waals surface area (Å²) in [6, 6.07) is 0.680. The molecule has 1 N–H and O–H groups in total. The highest BCUT2D eigenvalue weighted by Crippen LogP contribution is 2.33. The Kier molecular flexibility index (Phi) is 3.86. The number of hydrogen-bond acceptors (Lipinski definition) is 5. The predicted molar refractivity (Wildman–Crippen MR) is 73.9 cm³/mol. The maximum Gasteiger partial charge on any atom is 0.206 e. The normalized spacial score (nSPS) is 21.6. The number of thioether (sulfide) groups is 1. The van der Waals surface area contributed by atoms with Gasteiger partial charge in [-0.2, -0.15) is 0 Å². The largest absolute Gasteiger partial charge is 0.357 e.